The van der Waals surface area contributed by atoms with Crippen molar-refractivity contribution >= 4 is 23.9 Å². The van der Waals surface area contributed by atoms with E-state index in [9.17, 15) is 14.4 Å². The summed E-state index contributed by atoms with van der Waals surface area (Å²) in [6.07, 6.45) is 4.91. The van der Waals surface area contributed by atoms with E-state index in [4.69, 9.17) is 4.42 Å². The second-order valence-corrected chi connectivity index (χ2v) is 6.50. The highest BCUT2D eigenvalue weighted by molar-refractivity contribution is 6.31. The lowest BCUT2D eigenvalue weighted by Gasteiger charge is -2.30. The fourth-order valence-electron chi connectivity index (χ4n) is 3.50. The summed E-state index contributed by atoms with van der Waals surface area (Å²) in [5, 5.41) is 2.26. The average Bonchev–Trinajstić information content (AvgIpc) is 3.31. The summed E-state index contributed by atoms with van der Waals surface area (Å²) in [7, 11) is 0. The van der Waals surface area contributed by atoms with E-state index >= 15 is 0 Å². The molecule has 0 bridgehead atoms. The Kier molecular flexibility index (Phi) is 4.16. The number of urea groups is 1. The molecule has 0 unspecified atom stereocenters. The minimum Gasteiger partial charge on any atom is -0.457 e. The number of imide groups is 2. The summed E-state index contributed by atoms with van der Waals surface area (Å²) in [6, 6.07) is 12.2. The molecule has 1 saturated heterocycles. The van der Waals surface area contributed by atoms with Gasteiger partial charge in [0.2, 0.25) is 0 Å². The molecule has 1 aliphatic heterocycles. The van der Waals surface area contributed by atoms with Gasteiger partial charge in [-0.3, -0.25) is 19.8 Å². The highest BCUT2D eigenvalue weighted by Crippen LogP contribution is 2.28. The number of benzene rings is 1. The molecular weight excluding hydrogens is 332 g/mol. The van der Waals surface area contributed by atoms with Gasteiger partial charge in [-0.05, 0) is 31.1 Å². The third-order valence-electron chi connectivity index (χ3n) is 4.79. The number of carbonyl (C=O) groups is 3. The number of barbiturate groups is 1. The molecule has 2 aromatic rings. The van der Waals surface area contributed by atoms with Crippen LogP contribution in [0.15, 0.2) is 52.5 Å². The van der Waals surface area contributed by atoms with E-state index in [2.05, 4.69) is 5.32 Å². The number of hydrogen-bond acceptors (Lipinski definition) is 4. The van der Waals surface area contributed by atoms with Crippen molar-refractivity contribution in [3.63, 3.8) is 0 Å². The van der Waals surface area contributed by atoms with Gasteiger partial charge in [-0.2, -0.15) is 0 Å². The number of carbonyl (C=O) groups excluding carboxylic acids is 3. The molecule has 132 valence electrons. The topological polar surface area (TPSA) is 79.6 Å². The number of furan rings is 1. The van der Waals surface area contributed by atoms with E-state index in [0.717, 1.165) is 31.2 Å². The van der Waals surface area contributed by atoms with E-state index in [0.29, 0.717) is 11.5 Å². The van der Waals surface area contributed by atoms with Gasteiger partial charge >= 0.3 is 6.03 Å². The molecule has 0 radical (unpaired) electrons. The Morgan fingerprint density at radius 1 is 1.00 bits per heavy atom. The molecule has 4 rings (SSSR count). The van der Waals surface area contributed by atoms with E-state index in [1.165, 1.54) is 11.0 Å². The lowest BCUT2D eigenvalue weighted by Crippen LogP contribution is -2.57. The molecule has 6 heteroatoms. The Morgan fingerprint density at radius 3 is 2.46 bits per heavy atom. The maximum atomic E-state index is 12.7. The summed E-state index contributed by atoms with van der Waals surface area (Å²) in [5.41, 5.74) is 0.824. The number of hydrogen-bond donors (Lipinski definition) is 1. The summed E-state index contributed by atoms with van der Waals surface area (Å²) in [5.74, 6) is -0.205. The van der Waals surface area contributed by atoms with Gasteiger partial charge in [0.15, 0.2) is 0 Å². The van der Waals surface area contributed by atoms with Crippen molar-refractivity contribution in [3.8, 4) is 11.3 Å². The first-order valence-electron chi connectivity index (χ1n) is 8.69. The van der Waals surface area contributed by atoms with Gasteiger partial charge in [0.05, 0.1) is 0 Å². The number of amides is 4. The van der Waals surface area contributed by atoms with Crippen LogP contribution in [0.25, 0.3) is 17.4 Å². The number of rotatable bonds is 3. The van der Waals surface area contributed by atoms with Gasteiger partial charge in [0.25, 0.3) is 11.8 Å². The van der Waals surface area contributed by atoms with Crippen LogP contribution in [0, 0.1) is 0 Å². The first-order chi connectivity index (χ1) is 12.6. The largest absolute Gasteiger partial charge is 0.457 e. The molecule has 2 heterocycles. The van der Waals surface area contributed by atoms with Crippen LogP contribution in [-0.2, 0) is 9.59 Å². The predicted octanol–water partition coefficient (Wildman–Crippen LogP) is 3.35. The van der Waals surface area contributed by atoms with E-state index in [1.54, 1.807) is 12.1 Å². The average molecular weight is 350 g/mol. The fraction of sp³-hybridized carbons (Fsp3) is 0.250. The van der Waals surface area contributed by atoms with Gasteiger partial charge in [-0.25, -0.2) is 4.79 Å². The highest BCUT2D eigenvalue weighted by Gasteiger charge is 2.40. The molecule has 4 amide bonds. The Labute approximate surface area is 150 Å². The zero-order valence-corrected chi connectivity index (χ0v) is 14.1. The van der Waals surface area contributed by atoms with E-state index in [1.807, 2.05) is 30.3 Å². The van der Waals surface area contributed by atoms with Crippen molar-refractivity contribution in [2.75, 3.05) is 0 Å². The Morgan fingerprint density at radius 2 is 1.73 bits per heavy atom. The van der Waals surface area contributed by atoms with Crippen LogP contribution >= 0.6 is 0 Å². The van der Waals surface area contributed by atoms with E-state index in [-0.39, 0.29) is 11.6 Å². The molecule has 1 aromatic heterocycles. The summed E-state index contributed by atoms with van der Waals surface area (Å²) < 4.78 is 5.74. The quantitative estimate of drug-likeness (QED) is 0.680. The van der Waals surface area contributed by atoms with Gasteiger partial charge in [-0.15, -0.1) is 0 Å². The molecule has 0 spiro atoms. The second kappa shape index (κ2) is 6.63. The van der Waals surface area contributed by atoms with Crippen molar-refractivity contribution in [1.82, 2.24) is 10.2 Å². The lowest BCUT2D eigenvalue weighted by molar-refractivity contribution is -0.131. The van der Waals surface area contributed by atoms with Gasteiger partial charge < -0.3 is 4.42 Å². The van der Waals surface area contributed by atoms with Crippen LogP contribution in [0.2, 0.25) is 0 Å². The fourth-order valence-corrected chi connectivity index (χ4v) is 3.50. The third kappa shape index (κ3) is 2.94. The van der Waals surface area contributed by atoms with Crippen LogP contribution in [0.1, 0.15) is 31.4 Å². The minimum absolute atomic E-state index is 0.0783. The zero-order chi connectivity index (χ0) is 18.1. The van der Waals surface area contributed by atoms with Crippen LogP contribution in [0.5, 0.6) is 0 Å². The standard InChI is InChI=1S/C20H18N2O4/c23-18-16(19(24)22(20(25)21-18)14-8-4-5-9-14)12-15-10-11-17(26-15)13-6-2-1-3-7-13/h1-3,6-7,10-12,14H,4-5,8-9H2,(H,21,23,25)/b16-12+. The molecule has 2 fully saturated rings. The summed E-state index contributed by atoms with van der Waals surface area (Å²) >= 11 is 0. The molecule has 1 aromatic carbocycles. The predicted molar refractivity (Wildman–Crippen MR) is 94.8 cm³/mol. The monoisotopic (exact) mass is 350 g/mol. The van der Waals surface area contributed by atoms with E-state index < -0.39 is 17.8 Å². The van der Waals surface area contributed by atoms with Gasteiger partial charge in [-0.1, -0.05) is 43.2 Å². The van der Waals surface area contributed by atoms with Crippen molar-refractivity contribution in [2.45, 2.75) is 31.7 Å². The van der Waals surface area contributed by atoms with Crippen molar-refractivity contribution < 1.29 is 18.8 Å². The first-order valence-corrected chi connectivity index (χ1v) is 8.69. The second-order valence-electron chi connectivity index (χ2n) is 6.50. The van der Waals surface area contributed by atoms with Crippen LogP contribution < -0.4 is 5.32 Å². The first kappa shape index (κ1) is 16.3. The van der Waals surface area contributed by atoms with Crippen molar-refractivity contribution in [3.05, 3.63) is 53.8 Å². The Hall–Kier alpha value is -3.15. The maximum absolute atomic E-state index is 12.7. The van der Waals surface area contributed by atoms with Crippen molar-refractivity contribution in [1.29, 1.82) is 0 Å². The lowest BCUT2D eigenvalue weighted by atomic mass is 10.1. The van der Waals surface area contributed by atoms with Crippen LogP contribution in [0.4, 0.5) is 4.79 Å². The highest BCUT2D eigenvalue weighted by atomic mass is 16.3. The molecule has 2 aliphatic rings. The normalized spacial score (nSPS) is 20.1. The Balaban J connectivity index is 1.63. The summed E-state index contributed by atoms with van der Waals surface area (Å²) in [4.78, 5) is 38.2. The maximum Gasteiger partial charge on any atom is 0.331 e. The molecule has 1 N–H and O–H groups in total. The molecule has 6 nitrogen and oxygen atoms in total. The number of nitrogens with one attached hydrogen (secondary N) is 1. The van der Waals surface area contributed by atoms with Crippen molar-refractivity contribution in [2.24, 2.45) is 0 Å². The number of nitrogens with zero attached hydrogens (tertiary/aromatic N) is 1. The smallest absolute Gasteiger partial charge is 0.331 e. The molecule has 0 atom stereocenters. The molecular formula is C20H18N2O4. The van der Waals surface area contributed by atoms with Gasteiger partial charge in [0, 0.05) is 11.6 Å². The van der Waals surface area contributed by atoms with Crippen LogP contribution in [0.3, 0.4) is 0 Å². The molecule has 1 aliphatic carbocycles. The minimum atomic E-state index is -0.688. The SMILES string of the molecule is O=C1NC(=O)N(C2CCCC2)C(=O)/C1=C/c1ccc(-c2ccccc2)o1. The van der Waals surface area contributed by atoms with Crippen LogP contribution in [-0.4, -0.2) is 28.8 Å². The molecule has 26 heavy (non-hydrogen) atoms. The molecule has 1 saturated carbocycles. The third-order valence-corrected chi connectivity index (χ3v) is 4.79. The summed E-state index contributed by atoms with van der Waals surface area (Å²) in [6.45, 7) is 0. The zero-order valence-electron chi connectivity index (χ0n) is 14.1. The van der Waals surface area contributed by atoms with Gasteiger partial charge in [0.1, 0.15) is 17.1 Å². The Bertz CT molecular complexity index is 892.